The van der Waals surface area contributed by atoms with Gasteiger partial charge in [0.05, 0.1) is 22.8 Å². The summed E-state index contributed by atoms with van der Waals surface area (Å²) in [5.41, 5.74) is 2.29. The minimum atomic E-state index is -3.25. The van der Waals surface area contributed by atoms with Crippen LogP contribution in [0.5, 0.6) is 0 Å². The molecule has 2 N–H and O–H groups in total. The van der Waals surface area contributed by atoms with Crippen LogP contribution in [0.3, 0.4) is 0 Å². The highest BCUT2D eigenvalue weighted by Gasteiger charge is 2.22. The number of nitrogens with one attached hydrogen (secondary N) is 2. The monoisotopic (exact) mass is 392 g/mol. The van der Waals surface area contributed by atoms with Crippen molar-refractivity contribution in [3.05, 3.63) is 41.7 Å². The number of sulfone groups is 1. The summed E-state index contributed by atoms with van der Waals surface area (Å²) in [6, 6.07) is 8.40. The number of hydrogen-bond acceptors (Lipinski definition) is 4. The number of carbonyl (C=O) groups is 1. The molecule has 1 aromatic carbocycles. The van der Waals surface area contributed by atoms with Gasteiger partial charge in [-0.25, -0.2) is 17.9 Å². The van der Waals surface area contributed by atoms with Gasteiger partial charge in [-0.3, -0.25) is 0 Å². The van der Waals surface area contributed by atoms with Crippen LogP contribution in [0.2, 0.25) is 0 Å². The first kappa shape index (κ1) is 21.0. The van der Waals surface area contributed by atoms with Crippen molar-refractivity contribution in [3.63, 3.8) is 0 Å². The third-order valence-electron chi connectivity index (χ3n) is 3.89. The number of hydrogen-bond donors (Lipinski definition) is 2. The van der Waals surface area contributed by atoms with E-state index < -0.39 is 9.84 Å². The zero-order chi connectivity index (χ0) is 20.4. The van der Waals surface area contributed by atoms with Gasteiger partial charge in [0.2, 0.25) is 0 Å². The minimum absolute atomic E-state index is 0.0565. The number of benzene rings is 1. The molecule has 0 saturated heterocycles. The first-order chi connectivity index (χ1) is 12.4. The summed E-state index contributed by atoms with van der Waals surface area (Å²) in [4.78, 5) is 12.1. The van der Waals surface area contributed by atoms with Crippen molar-refractivity contribution < 1.29 is 13.2 Å². The molecule has 1 heterocycles. The maximum Gasteiger partial charge on any atom is 0.315 e. The molecule has 0 spiro atoms. The Labute approximate surface area is 161 Å². The maximum atomic E-state index is 11.8. The largest absolute Gasteiger partial charge is 0.336 e. The summed E-state index contributed by atoms with van der Waals surface area (Å²) < 4.78 is 25.1. The normalized spacial score (nSPS) is 12.3. The number of aromatic nitrogens is 2. The lowest BCUT2D eigenvalue weighted by atomic mass is 9.91. The average molecular weight is 393 g/mol. The Bertz CT molecular complexity index is 907. The van der Waals surface area contributed by atoms with Gasteiger partial charge in [-0.1, -0.05) is 20.8 Å². The summed E-state index contributed by atoms with van der Waals surface area (Å²) in [6.07, 6.45) is 1.18. The van der Waals surface area contributed by atoms with E-state index in [1.165, 1.54) is 6.26 Å². The van der Waals surface area contributed by atoms with Crippen LogP contribution in [0.4, 0.5) is 4.79 Å². The SMILES string of the molecule is CC(C)NC(=O)NCc1cc(C(C)(C)C)n(-c2ccc(S(C)(=O)=O)cc2)n1. The van der Waals surface area contributed by atoms with Crippen molar-refractivity contribution in [2.24, 2.45) is 0 Å². The lowest BCUT2D eigenvalue weighted by Gasteiger charge is -2.20. The lowest BCUT2D eigenvalue weighted by Crippen LogP contribution is -2.39. The van der Waals surface area contributed by atoms with Gasteiger partial charge in [-0.2, -0.15) is 5.10 Å². The van der Waals surface area contributed by atoms with Crippen LogP contribution in [-0.2, 0) is 21.8 Å². The van der Waals surface area contributed by atoms with E-state index in [-0.39, 0.29) is 22.4 Å². The summed E-state index contributed by atoms with van der Waals surface area (Å²) in [6.45, 7) is 10.3. The second-order valence-electron chi connectivity index (χ2n) is 7.93. The van der Waals surface area contributed by atoms with Crippen LogP contribution in [0.25, 0.3) is 5.69 Å². The van der Waals surface area contributed by atoms with Crippen LogP contribution in [0, 0.1) is 0 Å². The van der Waals surface area contributed by atoms with Gasteiger partial charge in [0.1, 0.15) is 0 Å². The van der Waals surface area contributed by atoms with Gasteiger partial charge >= 0.3 is 6.03 Å². The molecular formula is C19H28N4O3S. The van der Waals surface area contributed by atoms with Gasteiger partial charge in [0.15, 0.2) is 9.84 Å². The Balaban J connectivity index is 2.32. The van der Waals surface area contributed by atoms with Crippen molar-refractivity contribution in [1.82, 2.24) is 20.4 Å². The highest BCUT2D eigenvalue weighted by Crippen LogP contribution is 2.26. The Kier molecular flexibility index (Phi) is 5.99. The van der Waals surface area contributed by atoms with Crippen LogP contribution in [-0.4, -0.2) is 36.5 Å². The van der Waals surface area contributed by atoms with Gasteiger partial charge in [0, 0.05) is 23.4 Å². The zero-order valence-corrected chi connectivity index (χ0v) is 17.5. The van der Waals surface area contributed by atoms with Gasteiger partial charge in [-0.05, 0) is 44.2 Å². The summed E-state index contributed by atoms with van der Waals surface area (Å²) in [7, 11) is -3.25. The molecule has 0 aliphatic carbocycles. The Morgan fingerprint density at radius 1 is 1.19 bits per heavy atom. The van der Waals surface area contributed by atoms with E-state index in [4.69, 9.17) is 0 Å². The molecule has 27 heavy (non-hydrogen) atoms. The fraction of sp³-hybridized carbons (Fsp3) is 0.474. The van der Waals surface area contributed by atoms with Crippen LogP contribution in [0.1, 0.15) is 46.0 Å². The first-order valence-corrected chi connectivity index (χ1v) is 10.7. The zero-order valence-electron chi connectivity index (χ0n) is 16.7. The third-order valence-corrected chi connectivity index (χ3v) is 5.02. The average Bonchev–Trinajstić information content (AvgIpc) is 2.96. The van der Waals surface area contributed by atoms with E-state index in [0.29, 0.717) is 6.54 Å². The number of rotatable bonds is 5. The smallest absolute Gasteiger partial charge is 0.315 e. The fourth-order valence-corrected chi connectivity index (χ4v) is 3.20. The Morgan fingerprint density at radius 3 is 2.26 bits per heavy atom. The molecular weight excluding hydrogens is 364 g/mol. The molecule has 2 amide bonds. The van der Waals surface area contributed by atoms with Crippen molar-refractivity contribution in [1.29, 1.82) is 0 Å². The molecule has 7 nitrogen and oxygen atoms in total. The minimum Gasteiger partial charge on any atom is -0.336 e. The Morgan fingerprint density at radius 2 is 1.78 bits per heavy atom. The van der Waals surface area contributed by atoms with Gasteiger partial charge in [0.25, 0.3) is 0 Å². The lowest BCUT2D eigenvalue weighted by molar-refractivity contribution is 0.238. The number of carbonyl (C=O) groups excluding carboxylic acids is 1. The highest BCUT2D eigenvalue weighted by molar-refractivity contribution is 7.90. The topological polar surface area (TPSA) is 93.1 Å². The van der Waals surface area contributed by atoms with E-state index in [1.54, 1.807) is 28.9 Å². The molecule has 0 aliphatic rings. The molecule has 0 radical (unpaired) electrons. The van der Waals surface area contributed by atoms with Gasteiger partial charge in [-0.15, -0.1) is 0 Å². The molecule has 0 atom stereocenters. The van der Waals surface area contributed by atoms with Crippen molar-refractivity contribution in [3.8, 4) is 5.69 Å². The highest BCUT2D eigenvalue weighted by atomic mass is 32.2. The molecule has 8 heteroatoms. The fourth-order valence-electron chi connectivity index (χ4n) is 2.57. The molecule has 0 aliphatic heterocycles. The molecule has 2 rings (SSSR count). The molecule has 0 fully saturated rings. The van der Waals surface area contributed by atoms with E-state index in [1.807, 2.05) is 19.9 Å². The van der Waals surface area contributed by atoms with Crippen LogP contribution >= 0.6 is 0 Å². The van der Waals surface area contributed by atoms with Crippen molar-refractivity contribution in [2.75, 3.05) is 6.26 Å². The van der Waals surface area contributed by atoms with Crippen LogP contribution in [0.15, 0.2) is 35.2 Å². The van der Waals surface area contributed by atoms with E-state index in [0.717, 1.165) is 17.1 Å². The quantitative estimate of drug-likeness (QED) is 0.818. The number of nitrogens with zero attached hydrogens (tertiary/aromatic N) is 2. The second-order valence-corrected chi connectivity index (χ2v) is 9.95. The number of urea groups is 1. The summed E-state index contributed by atoms with van der Waals surface area (Å²) >= 11 is 0. The predicted molar refractivity (Wildman–Crippen MR) is 106 cm³/mol. The molecule has 0 saturated carbocycles. The molecule has 0 bridgehead atoms. The first-order valence-electron chi connectivity index (χ1n) is 8.82. The second kappa shape index (κ2) is 7.72. The van der Waals surface area contributed by atoms with Crippen molar-refractivity contribution >= 4 is 15.9 Å². The molecule has 0 unspecified atom stereocenters. The Hall–Kier alpha value is -2.35. The maximum absolute atomic E-state index is 11.8. The molecule has 1 aromatic heterocycles. The predicted octanol–water partition coefficient (Wildman–Crippen LogP) is 2.78. The third kappa shape index (κ3) is 5.56. The van der Waals surface area contributed by atoms with E-state index in [9.17, 15) is 13.2 Å². The number of amides is 2. The van der Waals surface area contributed by atoms with Crippen molar-refractivity contribution in [2.45, 2.75) is 57.5 Å². The summed E-state index contributed by atoms with van der Waals surface area (Å²) in [5, 5.41) is 10.2. The summed E-state index contributed by atoms with van der Waals surface area (Å²) in [5.74, 6) is 0. The standard InChI is InChI=1S/C19H28N4O3S/c1-13(2)21-18(24)20-12-14-11-17(19(3,4)5)23(22-14)15-7-9-16(10-8-15)27(6,25)26/h7-11,13H,12H2,1-6H3,(H2,20,21,24). The molecule has 2 aromatic rings. The van der Waals surface area contributed by atoms with E-state index >= 15 is 0 Å². The van der Waals surface area contributed by atoms with E-state index in [2.05, 4.69) is 36.5 Å². The van der Waals surface area contributed by atoms with Gasteiger partial charge < -0.3 is 10.6 Å². The molecule has 148 valence electrons. The van der Waals surface area contributed by atoms with Crippen LogP contribution < -0.4 is 10.6 Å².